The molecule has 3 heterocycles. The number of ether oxygens (including phenoxy) is 2. The third-order valence-electron chi connectivity index (χ3n) is 6.61. The highest BCUT2D eigenvalue weighted by molar-refractivity contribution is 6.05. The zero-order chi connectivity index (χ0) is 25.7. The number of aromatic nitrogens is 5. The molecule has 0 atom stereocenters. The van der Waals surface area contributed by atoms with Gasteiger partial charge in [-0.3, -0.25) is 13.9 Å². The molecule has 6 rings (SSSR count). The molecule has 0 saturated carbocycles. The van der Waals surface area contributed by atoms with E-state index in [9.17, 15) is 4.79 Å². The minimum atomic E-state index is -0.161. The molecule has 3 aromatic carbocycles. The van der Waals surface area contributed by atoms with Gasteiger partial charge >= 0.3 is 0 Å². The molecule has 3 aromatic heterocycles. The molecular weight excluding hydrogens is 466 g/mol. The lowest BCUT2D eigenvalue weighted by molar-refractivity contribution is 0.394. The SMILES string of the molecule is COc1cc(OC)cc(-n2c3nc4ccccc4nc3c3c(=O)n(Cc4ccc(C)cc4)c(C)nc32)c1. The van der Waals surface area contributed by atoms with E-state index in [0.717, 1.165) is 11.1 Å². The van der Waals surface area contributed by atoms with Gasteiger partial charge in [-0.2, -0.15) is 0 Å². The van der Waals surface area contributed by atoms with Gasteiger partial charge in [0.05, 0.1) is 37.5 Å². The normalized spacial score (nSPS) is 11.5. The van der Waals surface area contributed by atoms with Crippen molar-refractivity contribution in [3.05, 3.63) is 94.0 Å². The van der Waals surface area contributed by atoms with Crippen molar-refractivity contribution >= 4 is 33.2 Å². The van der Waals surface area contributed by atoms with Gasteiger partial charge in [-0.25, -0.2) is 15.0 Å². The fourth-order valence-corrected chi connectivity index (χ4v) is 4.66. The Bertz CT molecular complexity index is 1850. The number of nitrogens with zero attached hydrogens (tertiary/aromatic N) is 5. The van der Waals surface area contributed by atoms with E-state index in [4.69, 9.17) is 24.4 Å². The quantitative estimate of drug-likeness (QED) is 0.339. The van der Waals surface area contributed by atoms with Crippen LogP contribution in [0.2, 0.25) is 0 Å². The number of fused-ring (bicyclic) bond motifs is 4. The van der Waals surface area contributed by atoms with Crippen molar-refractivity contribution in [1.29, 1.82) is 0 Å². The molecule has 0 aliphatic heterocycles. The molecule has 0 saturated heterocycles. The molecule has 184 valence electrons. The summed E-state index contributed by atoms with van der Waals surface area (Å²) in [6.45, 7) is 4.30. The van der Waals surface area contributed by atoms with Gasteiger partial charge < -0.3 is 9.47 Å². The van der Waals surface area contributed by atoms with Crippen molar-refractivity contribution in [2.24, 2.45) is 0 Å². The fourth-order valence-electron chi connectivity index (χ4n) is 4.66. The van der Waals surface area contributed by atoms with Crippen LogP contribution in [0.1, 0.15) is 17.0 Å². The van der Waals surface area contributed by atoms with Gasteiger partial charge in [-0.1, -0.05) is 42.0 Å². The Kier molecular flexibility index (Phi) is 5.37. The summed E-state index contributed by atoms with van der Waals surface area (Å²) in [6, 6.07) is 21.3. The van der Waals surface area contributed by atoms with Crippen LogP contribution in [0.4, 0.5) is 0 Å². The molecule has 0 aliphatic carbocycles. The summed E-state index contributed by atoms with van der Waals surface area (Å²) >= 11 is 0. The lowest BCUT2D eigenvalue weighted by Crippen LogP contribution is -2.24. The minimum absolute atomic E-state index is 0.161. The Labute approximate surface area is 212 Å². The third kappa shape index (κ3) is 3.78. The average molecular weight is 492 g/mol. The maximum absolute atomic E-state index is 14.1. The van der Waals surface area contributed by atoms with Crippen LogP contribution in [0.3, 0.4) is 0 Å². The molecule has 0 spiro atoms. The Balaban J connectivity index is 1.71. The lowest BCUT2D eigenvalue weighted by Gasteiger charge is -2.13. The molecule has 0 fully saturated rings. The van der Waals surface area contributed by atoms with Gasteiger partial charge in [0.1, 0.15) is 28.2 Å². The second-order valence-corrected chi connectivity index (χ2v) is 9.03. The second kappa shape index (κ2) is 8.74. The largest absolute Gasteiger partial charge is 0.497 e. The van der Waals surface area contributed by atoms with Crippen LogP contribution in [0.5, 0.6) is 11.5 Å². The Morgan fingerprint density at radius 2 is 1.43 bits per heavy atom. The Morgan fingerprint density at radius 1 is 0.784 bits per heavy atom. The molecule has 0 bridgehead atoms. The van der Waals surface area contributed by atoms with Crippen LogP contribution in [0.15, 0.2) is 71.5 Å². The number of hydrogen-bond acceptors (Lipinski definition) is 6. The number of aryl methyl sites for hydroxylation is 2. The number of hydrogen-bond donors (Lipinski definition) is 0. The van der Waals surface area contributed by atoms with Crippen LogP contribution in [-0.2, 0) is 6.54 Å². The zero-order valence-electron chi connectivity index (χ0n) is 21.0. The van der Waals surface area contributed by atoms with Crippen LogP contribution < -0.4 is 15.0 Å². The molecule has 37 heavy (non-hydrogen) atoms. The van der Waals surface area contributed by atoms with E-state index in [1.54, 1.807) is 24.9 Å². The van der Waals surface area contributed by atoms with Crippen LogP contribution >= 0.6 is 0 Å². The predicted molar refractivity (Wildman–Crippen MR) is 144 cm³/mol. The Morgan fingerprint density at radius 3 is 2.08 bits per heavy atom. The molecule has 8 nitrogen and oxygen atoms in total. The highest BCUT2D eigenvalue weighted by atomic mass is 16.5. The summed E-state index contributed by atoms with van der Waals surface area (Å²) in [5, 5.41) is 0.424. The second-order valence-electron chi connectivity index (χ2n) is 9.03. The molecule has 0 unspecified atom stereocenters. The van der Waals surface area contributed by atoms with E-state index in [0.29, 0.717) is 57.3 Å². The van der Waals surface area contributed by atoms with Crippen molar-refractivity contribution in [3.8, 4) is 17.2 Å². The number of para-hydroxylation sites is 2. The lowest BCUT2D eigenvalue weighted by atomic mass is 10.1. The maximum Gasteiger partial charge on any atom is 0.265 e. The Hall–Kier alpha value is -4.72. The molecule has 0 amide bonds. The average Bonchev–Trinajstić information content (AvgIpc) is 3.23. The first-order chi connectivity index (χ1) is 18.0. The number of rotatable bonds is 5. The van der Waals surface area contributed by atoms with Crippen molar-refractivity contribution in [2.75, 3.05) is 14.2 Å². The van der Waals surface area contributed by atoms with Crippen molar-refractivity contribution in [3.63, 3.8) is 0 Å². The standard InChI is InChI=1S/C29H25N5O3/c1-17-9-11-19(12-10-17)16-33-18(2)30-27-25(29(33)35)26-28(32-24-8-6-5-7-23(24)31-26)34(27)20-13-21(36-3)15-22(14-20)37-4/h5-15H,16H2,1-4H3. The summed E-state index contributed by atoms with van der Waals surface area (Å²) in [6.07, 6.45) is 0. The first-order valence-corrected chi connectivity index (χ1v) is 11.9. The van der Waals surface area contributed by atoms with Gasteiger partial charge in [0.25, 0.3) is 5.56 Å². The van der Waals surface area contributed by atoms with E-state index in [2.05, 4.69) is 0 Å². The fraction of sp³-hybridized carbons (Fsp3) is 0.172. The molecule has 0 N–H and O–H groups in total. The van der Waals surface area contributed by atoms with Gasteiger partial charge in [-0.05, 0) is 31.5 Å². The van der Waals surface area contributed by atoms with E-state index < -0.39 is 0 Å². The summed E-state index contributed by atoms with van der Waals surface area (Å²) in [5.41, 5.74) is 5.72. The number of methoxy groups -OCH3 is 2. The molecule has 6 aromatic rings. The number of benzene rings is 3. The maximum atomic E-state index is 14.1. The highest BCUT2D eigenvalue weighted by Crippen LogP contribution is 2.32. The van der Waals surface area contributed by atoms with E-state index in [-0.39, 0.29) is 5.56 Å². The minimum Gasteiger partial charge on any atom is -0.497 e. The van der Waals surface area contributed by atoms with Crippen molar-refractivity contribution < 1.29 is 9.47 Å². The predicted octanol–water partition coefficient (Wildman–Crippen LogP) is 4.97. The summed E-state index contributed by atoms with van der Waals surface area (Å²) in [5.74, 6) is 1.83. The molecular formula is C29H25N5O3. The summed E-state index contributed by atoms with van der Waals surface area (Å²) in [4.78, 5) is 28.8. The monoisotopic (exact) mass is 491 g/mol. The van der Waals surface area contributed by atoms with Crippen LogP contribution in [-0.4, -0.2) is 38.3 Å². The molecule has 0 radical (unpaired) electrons. The van der Waals surface area contributed by atoms with Gasteiger partial charge in [0.2, 0.25) is 0 Å². The zero-order valence-corrected chi connectivity index (χ0v) is 21.0. The van der Waals surface area contributed by atoms with Gasteiger partial charge in [-0.15, -0.1) is 0 Å². The summed E-state index contributed by atoms with van der Waals surface area (Å²) < 4.78 is 14.6. The third-order valence-corrected chi connectivity index (χ3v) is 6.61. The van der Waals surface area contributed by atoms with Gasteiger partial charge in [0, 0.05) is 18.2 Å². The topological polar surface area (TPSA) is 84.1 Å². The van der Waals surface area contributed by atoms with Crippen molar-refractivity contribution in [2.45, 2.75) is 20.4 Å². The first-order valence-electron chi connectivity index (χ1n) is 11.9. The van der Waals surface area contributed by atoms with Gasteiger partial charge in [0.15, 0.2) is 11.3 Å². The van der Waals surface area contributed by atoms with Crippen LogP contribution in [0.25, 0.3) is 38.9 Å². The first kappa shape index (κ1) is 22.7. The van der Waals surface area contributed by atoms with Crippen LogP contribution in [0, 0.1) is 13.8 Å². The van der Waals surface area contributed by atoms with E-state index >= 15 is 0 Å². The van der Waals surface area contributed by atoms with E-state index in [1.807, 2.05) is 79.1 Å². The smallest absolute Gasteiger partial charge is 0.265 e. The van der Waals surface area contributed by atoms with E-state index in [1.165, 1.54) is 5.56 Å². The summed E-state index contributed by atoms with van der Waals surface area (Å²) in [7, 11) is 3.20. The molecule has 8 heteroatoms. The van der Waals surface area contributed by atoms with Crippen molar-refractivity contribution in [1.82, 2.24) is 24.1 Å². The molecule has 0 aliphatic rings. The highest BCUT2D eigenvalue weighted by Gasteiger charge is 2.23.